The van der Waals surface area contributed by atoms with Crippen LogP contribution in [0.1, 0.15) is 35.4 Å². The molecule has 1 heterocycles. The zero-order chi connectivity index (χ0) is 28.1. The maximum Gasteiger partial charge on any atom is 0.241 e. The average molecular weight is 557 g/mol. The quantitative estimate of drug-likeness (QED) is 0.130. The Morgan fingerprint density at radius 1 is 0.925 bits per heavy atom. The minimum absolute atomic E-state index is 0.0653. The van der Waals surface area contributed by atoms with Crippen molar-refractivity contribution >= 4 is 32.5 Å². The van der Waals surface area contributed by atoms with Crippen molar-refractivity contribution in [2.75, 3.05) is 13.1 Å². The Morgan fingerprint density at radius 3 is 2.35 bits per heavy atom. The Morgan fingerprint density at radius 2 is 1.62 bits per heavy atom. The molecule has 0 saturated carbocycles. The third-order valence-electron chi connectivity index (χ3n) is 7.47. The number of oxime groups is 1. The van der Waals surface area contributed by atoms with Crippen molar-refractivity contribution in [1.29, 1.82) is 0 Å². The molecule has 0 bridgehead atoms. The number of amides is 1. The number of hydrogen-bond acceptors (Lipinski definition) is 5. The van der Waals surface area contributed by atoms with E-state index in [4.69, 9.17) is 10.9 Å². The fourth-order valence-electron chi connectivity index (χ4n) is 5.30. The molecule has 9 heteroatoms. The fourth-order valence-corrected chi connectivity index (χ4v) is 6.52. The summed E-state index contributed by atoms with van der Waals surface area (Å²) < 4.78 is 29.8. The standard InChI is InChI=1S/C31H32N4O4S/c32-30(33-37)27-12-6-7-22(19-27)20-29(31(36)35-17-15-25(16-18-35)23-8-2-1-3-9-23)34-40(38,39)28-14-13-24-10-4-5-11-26(24)21-28/h1-14,19,21,25,29,34,37H,15-18,20H2,(H2,32,33)/t29-/m0/s1. The van der Waals surface area contributed by atoms with E-state index in [0.29, 0.717) is 30.1 Å². The number of sulfonamides is 1. The summed E-state index contributed by atoms with van der Waals surface area (Å²) in [5.41, 5.74) is 8.18. The monoisotopic (exact) mass is 556 g/mol. The van der Waals surface area contributed by atoms with Crippen molar-refractivity contribution in [3.63, 3.8) is 0 Å². The second-order valence-corrected chi connectivity index (χ2v) is 11.8. The lowest BCUT2D eigenvalue weighted by Crippen LogP contribution is -2.51. The van der Waals surface area contributed by atoms with Gasteiger partial charge in [0, 0.05) is 18.7 Å². The Balaban J connectivity index is 1.40. The number of likely N-dealkylation sites (tertiary alicyclic amines) is 1. The van der Waals surface area contributed by atoms with Gasteiger partial charge >= 0.3 is 0 Å². The first-order chi connectivity index (χ1) is 19.3. The Bertz CT molecular complexity index is 1630. The number of nitrogens with two attached hydrogens (primary N) is 1. The molecule has 4 N–H and O–H groups in total. The van der Waals surface area contributed by atoms with Crippen LogP contribution in [0.25, 0.3) is 10.8 Å². The maximum absolute atomic E-state index is 13.9. The van der Waals surface area contributed by atoms with Crippen molar-refractivity contribution in [2.45, 2.75) is 36.1 Å². The van der Waals surface area contributed by atoms with Crippen LogP contribution < -0.4 is 10.5 Å². The highest BCUT2D eigenvalue weighted by molar-refractivity contribution is 7.89. The van der Waals surface area contributed by atoms with Crippen LogP contribution in [0.4, 0.5) is 0 Å². The first kappa shape index (κ1) is 27.4. The molecule has 0 unspecified atom stereocenters. The van der Waals surface area contributed by atoms with E-state index in [9.17, 15) is 13.2 Å². The number of piperidine rings is 1. The number of hydrogen-bond donors (Lipinski definition) is 3. The Kier molecular flexibility index (Phi) is 8.14. The lowest BCUT2D eigenvalue weighted by molar-refractivity contribution is -0.134. The third-order valence-corrected chi connectivity index (χ3v) is 8.94. The summed E-state index contributed by atoms with van der Waals surface area (Å²) in [5.74, 6) is 0.0185. The number of nitrogens with zero attached hydrogens (tertiary/aromatic N) is 2. The van der Waals surface area contributed by atoms with E-state index in [-0.39, 0.29) is 23.1 Å². The molecule has 1 aliphatic rings. The van der Waals surface area contributed by atoms with Crippen molar-refractivity contribution in [1.82, 2.24) is 9.62 Å². The lowest BCUT2D eigenvalue weighted by Gasteiger charge is -2.34. The number of carbonyl (C=O) groups is 1. The molecule has 0 radical (unpaired) electrons. The number of fused-ring (bicyclic) bond motifs is 1. The smallest absolute Gasteiger partial charge is 0.241 e. The van der Waals surface area contributed by atoms with Crippen LogP contribution >= 0.6 is 0 Å². The van der Waals surface area contributed by atoms with Gasteiger partial charge in [-0.05, 0) is 65.3 Å². The molecule has 0 spiro atoms. The van der Waals surface area contributed by atoms with Gasteiger partial charge in [-0.3, -0.25) is 4.79 Å². The van der Waals surface area contributed by atoms with E-state index < -0.39 is 16.1 Å². The van der Waals surface area contributed by atoms with Crippen LogP contribution in [0.2, 0.25) is 0 Å². The molecule has 1 aliphatic heterocycles. The molecule has 1 saturated heterocycles. The van der Waals surface area contributed by atoms with Gasteiger partial charge in [-0.15, -0.1) is 0 Å². The van der Waals surface area contributed by atoms with Crippen LogP contribution in [-0.4, -0.2) is 49.4 Å². The van der Waals surface area contributed by atoms with Gasteiger partial charge in [0.15, 0.2) is 5.84 Å². The van der Waals surface area contributed by atoms with Crippen molar-refractivity contribution in [3.05, 3.63) is 114 Å². The normalized spacial score (nSPS) is 15.7. The molecule has 1 atom stereocenters. The van der Waals surface area contributed by atoms with Crippen LogP contribution in [0.5, 0.6) is 0 Å². The van der Waals surface area contributed by atoms with Crippen molar-refractivity contribution in [2.24, 2.45) is 10.9 Å². The highest BCUT2D eigenvalue weighted by Crippen LogP contribution is 2.28. The zero-order valence-electron chi connectivity index (χ0n) is 22.0. The minimum Gasteiger partial charge on any atom is -0.409 e. The number of rotatable bonds is 8. The number of benzene rings is 4. The number of nitrogens with one attached hydrogen (secondary N) is 1. The third kappa shape index (κ3) is 6.16. The molecule has 8 nitrogen and oxygen atoms in total. The predicted octanol–water partition coefficient (Wildman–Crippen LogP) is 4.23. The molecule has 5 rings (SSSR count). The Hall–Kier alpha value is -4.21. The summed E-state index contributed by atoms with van der Waals surface area (Å²) in [4.78, 5) is 15.7. The topological polar surface area (TPSA) is 125 Å². The van der Waals surface area contributed by atoms with E-state index in [1.165, 1.54) is 5.56 Å². The van der Waals surface area contributed by atoms with E-state index in [1.54, 1.807) is 47.4 Å². The second-order valence-electron chi connectivity index (χ2n) is 10.1. The minimum atomic E-state index is -4.03. The molecule has 1 fully saturated rings. The zero-order valence-corrected chi connectivity index (χ0v) is 22.8. The predicted molar refractivity (Wildman–Crippen MR) is 156 cm³/mol. The molecule has 1 amide bonds. The largest absolute Gasteiger partial charge is 0.409 e. The SMILES string of the molecule is N/C(=N\O)c1cccc(C[C@H](NS(=O)(=O)c2ccc3ccccc3c2)C(=O)N2CCC(c3ccccc3)CC2)c1. The van der Waals surface area contributed by atoms with E-state index in [1.807, 2.05) is 42.5 Å². The van der Waals surface area contributed by atoms with Gasteiger partial charge in [-0.25, -0.2) is 8.42 Å². The van der Waals surface area contributed by atoms with Crippen LogP contribution in [0.15, 0.2) is 107 Å². The molecule has 40 heavy (non-hydrogen) atoms. The second kappa shape index (κ2) is 11.9. The first-order valence-corrected chi connectivity index (χ1v) is 14.7. The van der Waals surface area contributed by atoms with Crippen molar-refractivity contribution < 1.29 is 18.4 Å². The highest BCUT2D eigenvalue weighted by atomic mass is 32.2. The average Bonchev–Trinajstić information content (AvgIpc) is 3.00. The van der Waals surface area contributed by atoms with Gasteiger partial charge in [-0.2, -0.15) is 4.72 Å². The summed E-state index contributed by atoms with van der Waals surface area (Å²) >= 11 is 0. The summed E-state index contributed by atoms with van der Waals surface area (Å²) in [6, 6.07) is 28.6. The Labute approximate surface area is 234 Å². The summed E-state index contributed by atoms with van der Waals surface area (Å²) in [6.45, 7) is 1.08. The van der Waals surface area contributed by atoms with Crippen LogP contribution in [-0.2, 0) is 21.2 Å². The van der Waals surface area contributed by atoms with Crippen LogP contribution in [0, 0.1) is 0 Å². The van der Waals surface area contributed by atoms with Gasteiger partial charge < -0.3 is 15.8 Å². The molecular formula is C31H32N4O4S. The molecule has 4 aromatic carbocycles. The summed E-state index contributed by atoms with van der Waals surface area (Å²) in [5, 5.41) is 13.9. The molecule has 0 aliphatic carbocycles. The van der Waals surface area contributed by atoms with E-state index in [2.05, 4.69) is 22.0 Å². The summed E-state index contributed by atoms with van der Waals surface area (Å²) in [7, 11) is -4.03. The van der Waals surface area contributed by atoms with Gasteiger partial charge in [0.1, 0.15) is 6.04 Å². The van der Waals surface area contributed by atoms with Crippen molar-refractivity contribution in [3.8, 4) is 0 Å². The van der Waals surface area contributed by atoms with Gasteiger partial charge in [0.05, 0.1) is 4.90 Å². The molecule has 206 valence electrons. The molecular weight excluding hydrogens is 524 g/mol. The molecule has 4 aromatic rings. The van der Waals surface area contributed by atoms with E-state index in [0.717, 1.165) is 23.6 Å². The van der Waals surface area contributed by atoms with Crippen LogP contribution in [0.3, 0.4) is 0 Å². The molecule has 0 aromatic heterocycles. The number of amidine groups is 1. The maximum atomic E-state index is 13.9. The number of carbonyl (C=O) groups excluding carboxylic acids is 1. The lowest BCUT2D eigenvalue weighted by atomic mass is 9.89. The first-order valence-electron chi connectivity index (χ1n) is 13.3. The highest BCUT2D eigenvalue weighted by Gasteiger charge is 2.32. The fraction of sp³-hybridized carbons (Fsp3) is 0.226. The summed E-state index contributed by atoms with van der Waals surface area (Å²) in [6.07, 6.45) is 1.72. The van der Waals surface area contributed by atoms with Gasteiger partial charge in [0.25, 0.3) is 0 Å². The van der Waals surface area contributed by atoms with Gasteiger partial charge in [-0.1, -0.05) is 84.0 Å². The van der Waals surface area contributed by atoms with E-state index >= 15 is 0 Å². The van der Waals surface area contributed by atoms with Gasteiger partial charge in [0.2, 0.25) is 15.9 Å².